The van der Waals surface area contributed by atoms with E-state index in [-0.39, 0.29) is 5.92 Å². The second kappa shape index (κ2) is 6.18. The van der Waals surface area contributed by atoms with Crippen LogP contribution in [-0.4, -0.2) is 6.29 Å². The number of hydrogen-bond acceptors (Lipinski definition) is 1. The first-order chi connectivity index (χ1) is 7.29. The summed E-state index contributed by atoms with van der Waals surface area (Å²) in [6, 6.07) is 10.2. The highest BCUT2D eigenvalue weighted by Gasteiger charge is 2.16. The minimum atomic E-state index is 0.0728. The third-order valence-electron chi connectivity index (χ3n) is 2.70. The maximum absolute atomic E-state index is 10.9. The first kappa shape index (κ1) is 11.7. The number of benzene rings is 1. The largest absolute Gasteiger partial charge is 0.303 e. The van der Waals surface area contributed by atoms with E-state index in [0.29, 0.717) is 5.92 Å². The Morgan fingerprint density at radius 3 is 2.47 bits per heavy atom. The van der Waals surface area contributed by atoms with Gasteiger partial charge >= 0.3 is 0 Å². The van der Waals surface area contributed by atoms with Crippen LogP contribution >= 0.6 is 0 Å². The van der Waals surface area contributed by atoms with Gasteiger partial charge in [-0.3, -0.25) is 0 Å². The molecule has 2 atom stereocenters. The van der Waals surface area contributed by atoms with Crippen LogP contribution in [0.1, 0.15) is 31.7 Å². The van der Waals surface area contributed by atoms with Gasteiger partial charge in [-0.05, 0) is 24.8 Å². The van der Waals surface area contributed by atoms with Crippen molar-refractivity contribution in [1.29, 1.82) is 0 Å². The monoisotopic (exact) mass is 202 g/mol. The van der Waals surface area contributed by atoms with Crippen molar-refractivity contribution >= 4 is 6.29 Å². The minimum absolute atomic E-state index is 0.0728. The van der Waals surface area contributed by atoms with E-state index in [2.05, 4.69) is 18.2 Å². The molecule has 0 amide bonds. The van der Waals surface area contributed by atoms with Crippen LogP contribution in [-0.2, 0) is 4.79 Å². The lowest BCUT2D eigenvalue weighted by Crippen LogP contribution is -2.10. The molecule has 0 aliphatic carbocycles. The Bertz CT molecular complexity index is 313. The van der Waals surface area contributed by atoms with Gasteiger partial charge in [-0.25, -0.2) is 0 Å². The van der Waals surface area contributed by atoms with E-state index in [0.717, 1.165) is 12.7 Å². The van der Waals surface area contributed by atoms with Crippen molar-refractivity contribution < 1.29 is 4.79 Å². The average molecular weight is 202 g/mol. The Labute approximate surface area is 91.8 Å². The number of aldehydes is 1. The molecule has 0 heterocycles. The summed E-state index contributed by atoms with van der Waals surface area (Å²) in [5.41, 5.74) is 1.25. The minimum Gasteiger partial charge on any atom is -0.303 e. The molecule has 0 aliphatic rings. The fourth-order valence-electron chi connectivity index (χ4n) is 1.73. The summed E-state index contributed by atoms with van der Waals surface area (Å²) < 4.78 is 0. The molecule has 0 spiro atoms. The van der Waals surface area contributed by atoms with Crippen molar-refractivity contribution in [3.8, 4) is 0 Å². The summed E-state index contributed by atoms with van der Waals surface area (Å²) >= 11 is 0. The van der Waals surface area contributed by atoms with Crippen LogP contribution in [0.25, 0.3) is 0 Å². The van der Waals surface area contributed by atoms with Gasteiger partial charge in [0.15, 0.2) is 0 Å². The van der Waals surface area contributed by atoms with Crippen molar-refractivity contribution in [3.05, 3.63) is 48.0 Å². The van der Waals surface area contributed by atoms with Gasteiger partial charge in [0.2, 0.25) is 0 Å². The molecule has 1 aromatic carbocycles. The van der Waals surface area contributed by atoms with E-state index >= 15 is 0 Å². The number of allylic oxidation sites excluding steroid dienone is 2. The normalized spacial score (nSPS) is 15.1. The molecule has 1 heteroatoms. The predicted octanol–water partition coefficient (Wildman–Crippen LogP) is 3.57. The van der Waals surface area contributed by atoms with E-state index in [9.17, 15) is 4.79 Å². The van der Waals surface area contributed by atoms with Crippen molar-refractivity contribution in [2.45, 2.75) is 26.2 Å². The number of carbonyl (C=O) groups excluding carboxylic acids is 1. The van der Waals surface area contributed by atoms with Crippen molar-refractivity contribution in [2.75, 3.05) is 0 Å². The van der Waals surface area contributed by atoms with Gasteiger partial charge in [-0.2, -0.15) is 0 Å². The number of hydrogen-bond donors (Lipinski definition) is 0. The van der Waals surface area contributed by atoms with Crippen LogP contribution in [0.2, 0.25) is 0 Å². The Balaban J connectivity index is 2.85. The molecular formula is C14H18O. The van der Waals surface area contributed by atoms with Crippen LogP contribution < -0.4 is 0 Å². The molecule has 1 nitrogen and oxygen atoms in total. The van der Waals surface area contributed by atoms with E-state index in [1.54, 1.807) is 0 Å². The third-order valence-corrected chi connectivity index (χ3v) is 2.70. The van der Waals surface area contributed by atoms with Crippen LogP contribution in [0.4, 0.5) is 0 Å². The molecule has 0 radical (unpaired) electrons. The Morgan fingerprint density at radius 1 is 1.27 bits per heavy atom. The van der Waals surface area contributed by atoms with Crippen molar-refractivity contribution in [2.24, 2.45) is 5.92 Å². The van der Waals surface area contributed by atoms with Crippen LogP contribution in [0, 0.1) is 5.92 Å². The van der Waals surface area contributed by atoms with Gasteiger partial charge < -0.3 is 4.79 Å². The topological polar surface area (TPSA) is 17.1 Å². The highest BCUT2D eigenvalue weighted by Crippen LogP contribution is 2.27. The Hall–Kier alpha value is -1.37. The van der Waals surface area contributed by atoms with Gasteiger partial charge in [0.25, 0.3) is 0 Å². The molecule has 15 heavy (non-hydrogen) atoms. The second-order valence-corrected chi connectivity index (χ2v) is 3.82. The van der Waals surface area contributed by atoms with Crippen molar-refractivity contribution in [1.82, 2.24) is 0 Å². The van der Waals surface area contributed by atoms with Gasteiger partial charge in [0, 0.05) is 5.92 Å². The number of carbonyl (C=O) groups is 1. The van der Waals surface area contributed by atoms with Gasteiger partial charge in [0.05, 0.1) is 0 Å². The lowest BCUT2D eigenvalue weighted by Gasteiger charge is -2.18. The molecule has 0 aromatic heterocycles. The lowest BCUT2D eigenvalue weighted by atomic mass is 9.85. The van der Waals surface area contributed by atoms with Gasteiger partial charge in [0.1, 0.15) is 6.29 Å². The zero-order chi connectivity index (χ0) is 11.1. The Morgan fingerprint density at radius 2 is 1.93 bits per heavy atom. The highest BCUT2D eigenvalue weighted by atomic mass is 16.1. The predicted molar refractivity (Wildman–Crippen MR) is 63.8 cm³/mol. The highest BCUT2D eigenvalue weighted by molar-refractivity contribution is 5.55. The molecular weight excluding hydrogens is 184 g/mol. The molecule has 0 N–H and O–H groups in total. The Kier molecular flexibility index (Phi) is 4.82. The maximum Gasteiger partial charge on any atom is 0.123 e. The van der Waals surface area contributed by atoms with E-state index in [1.807, 2.05) is 38.1 Å². The molecule has 0 aliphatic heterocycles. The molecule has 80 valence electrons. The van der Waals surface area contributed by atoms with E-state index in [4.69, 9.17) is 0 Å². The first-order valence-corrected chi connectivity index (χ1v) is 5.41. The molecule has 1 aromatic rings. The molecule has 0 saturated carbocycles. The van der Waals surface area contributed by atoms with Crippen molar-refractivity contribution in [3.63, 3.8) is 0 Å². The third kappa shape index (κ3) is 3.35. The zero-order valence-electron chi connectivity index (χ0n) is 9.39. The smallest absolute Gasteiger partial charge is 0.123 e. The fourth-order valence-corrected chi connectivity index (χ4v) is 1.73. The maximum atomic E-state index is 10.9. The first-order valence-electron chi connectivity index (χ1n) is 5.41. The summed E-state index contributed by atoms with van der Waals surface area (Å²) in [5.74, 6) is 0.378. The van der Waals surface area contributed by atoms with Gasteiger partial charge in [-0.1, -0.05) is 49.4 Å². The molecule has 1 rings (SSSR count). The zero-order valence-corrected chi connectivity index (χ0v) is 9.39. The average Bonchev–Trinajstić information content (AvgIpc) is 2.30. The summed E-state index contributed by atoms with van der Waals surface area (Å²) in [6.45, 7) is 3.99. The van der Waals surface area contributed by atoms with E-state index < -0.39 is 0 Å². The molecule has 1 unspecified atom stereocenters. The lowest BCUT2D eigenvalue weighted by molar-refractivity contribution is -0.111. The molecule has 0 fully saturated rings. The van der Waals surface area contributed by atoms with Crippen LogP contribution in [0.5, 0.6) is 0 Å². The quantitative estimate of drug-likeness (QED) is 0.527. The number of rotatable bonds is 5. The molecule has 0 saturated heterocycles. The standard InChI is InChI=1S/C14H18O/c1-3-4-10-14(12(2)11-15)13-8-6-5-7-9-13/h3-9,11-12,14H,10H2,1-2H3/b4-3+/t12-,14?/m1/s1. The van der Waals surface area contributed by atoms with E-state index in [1.165, 1.54) is 5.56 Å². The van der Waals surface area contributed by atoms with Crippen LogP contribution in [0.3, 0.4) is 0 Å². The van der Waals surface area contributed by atoms with Crippen LogP contribution in [0.15, 0.2) is 42.5 Å². The summed E-state index contributed by atoms with van der Waals surface area (Å²) in [7, 11) is 0. The second-order valence-electron chi connectivity index (χ2n) is 3.82. The summed E-state index contributed by atoms with van der Waals surface area (Å²) in [4.78, 5) is 10.9. The summed E-state index contributed by atoms with van der Waals surface area (Å²) in [5, 5.41) is 0. The molecule has 0 bridgehead atoms. The summed E-state index contributed by atoms with van der Waals surface area (Å²) in [6.07, 6.45) is 6.13. The SMILES string of the molecule is C/C=C/CC(c1ccccc1)[C@H](C)C=O. The van der Waals surface area contributed by atoms with Gasteiger partial charge in [-0.15, -0.1) is 0 Å². The fraction of sp³-hybridized carbons (Fsp3) is 0.357.